The number of rotatable bonds is 52. The number of nitrogens with zero attached hydrogens (tertiary/aromatic N) is 3. The molecule has 3 rings (SSSR count). The van der Waals surface area contributed by atoms with E-state index in [0.29, 0.717) is 63.8 Å². The Labute approximate surface area is 528 Å². The summed E-state index contributed by atoms with van der Waals surface area (Å²) < 4.78 is 65.5. The molecule has 0 aromatic heterocycles. The van der Waals surface area contributed by atoms with Gasteiger partial charge in [0.05, 0.1) is 51.8 Å². The molecule has 26 heteroatoms. The Hall–Kier alpha value is 0.758. The second kappa shape index (κ2) is 46.8. The van der Waals surface area contributed by atoms with Crippen molar-refractivity contribution in [2.45, 2.75) is 243 Å². The number of aliphatic hydroxyl groups excluding tert-OH is 2. The first kappa shape index (κ1) is 85.8. The number of hydrogen-bond donors (Lipinski definition) is 4. The highest BCUT2D eigenvalue weighted by Gasteiger charge is 2.40. The van der Waals surface area contributed by atoms with Crippen molar-refractivity contribution in [3.63, 3.8) is 0 Å². The van der Waals surface area contributed by atoms with Crippen LogP contribution in [-0.2, 0) is 49.9 Å². The minimum Gasteiger partial charge on any atom is -0.455 e. The van der Waals surface area contributed by atoms with Crippen molar-refractivity contribution < 1.29 is 75.2 Å². The van der Waals surface area contributed by atoms with Gasteiger partial charge in [0, 0.05) is 60.8 Å². The lowest BCUT2D eigenvalue weighted by Gasteiger charge is -2.34. The van der Waals surface area contributed by atoms with Crippen molar-refractivity contribution >= 4 is 58.9 Å². The second-order valence-corrected chi connectivity index (χ2v) is 55.4. The molecule has 7 atom stereocenters. The third kappa shape index (κ3) is 47.3. The van der Waals surface area contributed by atoms with Gasteiger partial charge in [-0.2, -0.15) is 0 Å². The van der Waals surface area contributed by atoms with Gasteiger partial charge < -0.3 is 89.6 Å². The van der Waals surface area contributed by atoms with Crippen LogP contribution in [0.1, 0.15) is 104 Å². The summed E-state index contributed by atoms with van der Waals surface area (Å²) in [5, 5.41) is 21.3. The first-order valence-electron chi connectivity index (χ1n) is 33.1. The fourth-order valence-electron chi connectivity index (χ4n) is 10.7. The van der Waals surface area contributed by atoms with Crippen molar-refractivity contribution in [2.75, 3.05) is 140 Å². The standard InChI is InChI=1S/C34H80N2O9Si4.C16H34O5Si2.C9H21NOSi.H2O/c1-11-13-19-35(21-15-27-48(9,39)41-3)29-33(37)31-43-23-17-25-46(5,6)45-47(7,8)26-18-24-44-32-34(38)30-36(20-14-12-2)22-16-28-49(10,40)42-4;1-22(2,9-5-7-17-11-15-13-19-15)21-23(3,4)10-6-8-18-12-16-14-20-16;1-4-5-7-10-8-6-9-12(10,3)11-2;/h33-34,37-40H,11-32H2,1-10H3;15-16H,5-14H2,1-4H3;4-9H2,1-3H3;1H2. The first-order valence-corrected chi connectivity index (χ1v) is 53.2. The highest BCUT2D eigenvalue weighted by molar-refractivity contribution is 6.85. The van der Waals surface area contributed by atoms with Crippen molar-refractivity contribution in [1.82, 2.24) is 14.4 Å². The minimum atomic E-state index is -2.55. The molecule has 0 radical (unpaired) electrons. The van der Waals surface area contributed by atoms with Crippen LogP contribution in [0.2, 0.25) is 114 Å². The van der Waals surface area contributed by atoms with Crippen LogP contribution >= 0.6 is 0 Å². The molecule has 85 heavy (non-hydrogen) atoms. The normalized spacial score (nSPS) is 20.5. The molecule has 0 amide bonds. The Balaban J connectivity index is 0.00000158. The van der Waals surface area contributed by atoms with Gasteiger partial charge in [-0.3, -0.25) is 0 Å². The van der Waals surface area contributed by atoms with Crippen LogP contribution in [0.15, 0.2) is 0 Å². The molecule has 19 nitrogen and oxygen atoms in total. The molecule has 6 N–H and O–H groups in total. The Kier molecular flexibility index (Phi) is 47.2. The summed E-state index contributed by atoms with van der Waals surface area (Å²) in [6, 6.07) is 7.10. The van der Waals surface area contributed by atoms with E-state index in [1.54, 1.807) is 14.2 Å². The van der Waals surface area contributed by atoms with Crippen LogP contribution in [-0.4, -0.2) is 263 Å². The van der Waals surface area contributed by atoms with E-state index in [1.807, 2.05) is 20.2 Å². The lowest BCUT2D eigenvalue weighted by Crippen LogP contribution is -2.48. The lowest BCUT2D eigenvalue weighted by atomic mass is 10.2. The van der Waals surface area contributed by atoms with Gasteiger partial charge in [0.2, 0.25) is 0 Å². The van der Waals surface area contributed by atoms with E-state index in [-0.39, 0.29) is 5.48 Å². The third-order valence-corrected chi connectivity index (χ3v) is 39.4. The summed E-state index contributed by atoms with van der Waals surface area (Å²) in [4.78, 5) is 25.0. The Bertz CT molecular complexity index is 1510. The Morgan fingerprint density at radius 3 is 1.18 bits per heavy atom. The van der Waals surface area contributed by atoms with Crippen LogP contribution in [0.5, 0.6) is 0 Å². The zero-order chi connectivity index (χ0) is 63.2. The van der Waals surface area contributed by atoms with Gasteiger partial charge in [-0.05, 0) is 218 Å². The highest BCUT2D eigenvalue weighted by atomic mass is 28.4. The van der Waals surface area contributed by atoms with E-state index in [4.69, 9.17) is 49.9 Å². The quantitative estimate of drug-likeness (QED) is 0.0252. The van der Waals surface area contributed by atoms with Gasteiger partial charge in [-0.1, -0.05) is 40.0 Å². The van der Waals surface area contributed by atoms with Crippen molar-refractivity contribution in [3.05, 3.63) is 0 Å². The van der Waals surface area contributed by atoms with E-state index >= 15 is 0 Å². The molecule has 3 aliphatic heterocycles. The van der Waals surface area contributed by atoms with Gasteiger partial charge in [0.25, 0.3) is 8.48 Å². The molecular formula is C59H137N3O16Si7. The van der Waals surface area contributed by atoms with Gasteiger partial charge in [-0.25, -0.2) is 0 Å². The summed E-state index contributed by atoms with van der Waals surface area (Å²) in [7, 11) is -8.32. The molecule has 0 bridgehead atoms. The van der Waals surface area contributed by atoms with Gasteiger partial charge in [-0.15, -0.1) is 0 Å². The van der Waals surface area contributed by atoms with Crippen LogP contribution < -0.4 is 0 Å². The number of ether oxygens (including phenoxy) is 6. The molecular weight excluding hydrogens is 1200 g/mol. The predicted molar refractivity (Wildman–Crippen MR) is 366 cm³/mol. The van der Waals surface area contributed by atoms with Crippen molar-refractivity contribution in [1.29, 1.82) is 0 Å². The van der Waals surface area contributed by atoms with Crippen molar-refractivity contribution in [3.8, 4) is 0 Å². The highest BCUT2D eigenvalue weighted by Crippen LogP contribution is 2.28. The predicted octanol–water partition coefficient (Wildman–Crippen LogP) is 9.76. The van der Waals surface area contributed by atoms with Gasteiger partial charge in [0.1, 0.15) is 12.2 Å². The van der Waals surface area contributed by atoms with E-state index in [0.717, 1.165) is 142 Å². The number of aliphatic hydroxyl groups is 2. The number of unbranched alkanes of at least 4 members (excludes halogenated alkanes) is 3. The van der Waals surface area contributed by atoms with E-state index in [2.05, 4.69) is 94.1 Å². The smallest absolute Gasteiger partial charge is 0.332 e. The molecule has 3 aliphatic rings. The Morgan fingerprint density at radius 1 is 0.518 bits per heavy atom. The molecule has 0 aliphatic carbocycles. The SMILES string of the molecule is CCCCN(CCC[Si](C)(O)OC)CC(O)COCCC[Si](C)(C)O[Si](C)(C)CCCOCC(O)CN(CCCC)CCC[Si](C)(O)OC.CCCCN1CCC[Si]1(C)OC.C[Si](C)(CCCOCC1CO1)O[Si](C)(C)CCCOCC1CO1.O. The minimum absolute atomic E-state index is 0. The van der Waals surface area contributed by atoms with Crippen molar-refractivity contribution in [2.24, 2.45) is 0 Å². The average Bonchev–Trinajstić information content (AvgIpc) is 4.55. The summed E-state index contributed by atoms with van der Waals surface area (Å²) >= 11 is 0. The molecule has 0 aromatic rings. The monoisotopic (exact) mass is 1340 g/mol. The second-order valence-electron chi connectivity index (χ2n) is 27.3. The van der Waals surface area contributed by atoms with Gasteiger partial charge in [0.15, 0.2) is 33.3 Å². The zero-order valence-electron chi connectivity index (χ0n) is 57.8. The molecule has 3 heterocycles. The first-order chi connectivity index (χ1) is 39.5. The molecule has 7 unspecified atom stereocenters. The summed E-state index contributed by atoms with van der Waals surface area (Å²) in [5.41, 5.74) is 0. The maximum Gasteiger partial charge on any atom is 0.332 e. The maximum absolute atomic E-state index is 10.6. The molecule has 0 spiro atoms. The van der Waals surface area contributed by atoms with E-state index in [9.17, 15) is 19.8 Å². The average molecular weight is 1340 g/mol. The summed E-state index contributed by atoms with van der Waals surface area (Å²) in [5.74, 6) is 0. The van der Waals surface area contributed by atoms with Crippen LogP contribution in [0.3, 0.4) is 0 Å². The van der Waals surface area contributed by atoms with Crippen LogP contribution in [0.4, 0.5) is 0 Å². The molecule has 3 fully saturated rings. The summed E-state index contributed by atoms with van der Waals surface area (Å²) in [6.45, 7) is 45.2. The lowest BCUT2D eigenvalue weighted by molar-refractivity contribution is 0.0163. The molecule has 3 saturated heterocycles. The largest absolute Gasteiger partial charge is 0.455 e. The molecule has 512 valence electrons. The number of epoxide rings is 2. The number of hydrogen-bond acceptors (Lipinski definition) is 18. The van der Waals surface area contributed by atoms with E-state index < -0.39 is 71.1 Å². The third-order valence-electron chi connectivity index (χ3n) is 16.1. The van der Waals surface area contributed by atoms with Crippen LogP contribution in [0.25, 0.3) is 0 Å². The fourth-order valence-corrected chi connectivity index (χ4v) is 33.2. The zero-order valence-corrected chi connectivity index (χ0v) is 64.8. The Morgan fingerprint density at radius 2 is 0.859 bits per heavy atom. The fraction of sp³-hybridized carbons (Fsp3) is 1.00. The summed E-state index contributed by atoms with van der Waals surface area (Å²) in [6.07, 6.45) is 13.8. The molecule has 0 aromatic carbocycles. The molecule has 0 saturated carbocycles. The topological polar surface area (TPSA) is 230 Å². The maximum atomic E-state index is 10.6. The van der Waals surface area contributed by atoms with E-state index in [1.165, 1.54) is 50.5 Å². The van der Waals surface area contributed by atoms with Gasteiger partial charge >= 0.3 is 17.1 Å². The van der Waals surface area contributed by atoms with Crippen LogP contribution in [0, 0.1) is 0 Å².